The molecule has 0 amide bonds. The van der Waals surface area contributed by atoms with Gasteiger partial charge >= 0.3 is 11.4 Å². The van der Waals surface area contributed by atoms with Crippen molar-refractivity contribution in [2.75, 3.05) is 98.7 Å². The summed E-state index contributed by atoms with van der Waals surface area (Å²) < 4.78 is 22.3. The van der Waals surface area contributed by atoms with Gasteiger partial charge in [-0.3, -0.25) is 39.8 Å². The molecule has 53 heavy (non-hydrogen) atoms. The number of ether oxygens (including phenoxy) is 2. The van der Waals surface area contributed by atoms with Gasteiger partial charge in [-0.1, -0.05) is 0 Å². The summed E-state index contributed by atoms with van der Waals surface area (Å²) in [5, 5.41) is 24.8. The lowest BCUT2D eigenvalue weighted by atomic mass is 9.99. The van der Waals surface area contributed by atoms with Crippen LogP contribution in [0.2, 0.25) is 0 Å². The van der Waals surface area contributed by atoms with Crippen molar-refractivity contribution in [3.63, 3.8) is 0 Å². The Morgan fingerprint density at radius 2 is 1.17 bits per heavy atom. The van der Waals surface area contributed by atoms with Crippen molar-refractivity contribution < 1.29 is 23.7 Å². The third-order valence-corrected chi connectivity index (χ3v) is 12.6. The number of halogens is 1. The van der Waals surface area contributed by atoms with Gasteiger partial charge in [0.25, 0.3) is 0 Å². The number of nitrogens with one attached hydrogen (secondary N) is 1. The van der Waals surface area contributed by atoms with Crippen molar-refractivity contribution in [2.45, 2.75) is 74.5 Å². The van der Waals surface area contributed by atoms with Gasteiger partial charge in [-0.25, -0.2) is 4.39 Å². The van der Waals surface area contributed by atoms with E-state index in [1.54, 1.807) is 12.1 Å². The molecule has 2 spiro atoms. The smallest absolute Gasteiger partial charge is 0.311 e. The average molecular weight is 741 g/mol. The highest BCUT2D eigenvalue weighted by molar-refractivity contribution is 5.59. The van der Waals surface area contributed by atoms with Crippen LogP contribution in [0.25, 0.3) is 0 Å². The summed E-state index contributed by atoms with van der Waals surface area (Å²) in [5.41, 5.74) is 1.88. The van der Waals surface area contributed by atoms with Gasteiger partial charge in [-0.05, 0) is 90.7 Å². The molecule has 2 aromatic rings. The summed E-state index contributed by atoms with van der Waals surface area (Å²) in [7, 11) is 7.32. The van der Waals surface area contributed by atoms with Gasteiger partial charge in [0.1, 0.15) is 5.82 Å². The van der Waals surface area contributed by atoms with Crippen molar-refractivity contribution in [2.24, 2.45) is 0 Å². The molecular formula is C38H57FN8O6. The second kappa shape index (κ2) is 16.8. The van der Waals surface area contributed by atoms with Gasteiger partial charge in [-0.15, -0.1) is 0 Å². The zero-order valence-electron chi connectivity index (χ0n) is 31.8. The molecule has 2 aliphatic carbocycles. The summed E-state index contributed by atoms with van der Waals surface area (Å²) in [6.07, 6.45) is 10.6. The van der Waals surface area contributed by atoms with Crippen LogP contribution in [0.5, 0.6) is 11.5 Å². The summed E-state index contributed by atoms with van der Waals surface area (Å²) >= 11 is 0. The number of anilines is 1. The van der Waals surface area contributed by atoms with E-state index in [4.69, 9.17) is 4.74 Å². The summed E-state index contributed by atoms with van der Waals surface area (Å²) in [4.78, 5) is 33.3. The molecular weight excluding hydrogens is 683 g/mol. The predicted molar refractivity (Wildman–Crippen MR) is 203 cm³/mol. The number of hydrogen-bond donors (Lipinski definition) is 1. The van der Waals surface area contributed by atoms with Gasteiger partial charge in [0.05, 0.1) is 24.1 Å². The van der Waals surface area contributed by atoms with Crippen LogP contribution >= 0.6 is 0 Å². The Balaban J connectivity index is 0.000000150. The molecule has 4 heterocycles. The first kappa shape index (κ1) is 39.1. The number of likely N-dealkylation sites (N-methyl/N-ethyl adjacent to an activating group) is 2. The molecule has 6 aliphatic rings. The molecule has 8 rings (SSSR count). The number of nitro benzene ring substituents is 2. The van der Waals surface area contributed by atoms with Crippen molar-refractivity contribution in [1.29, 1.82) is 0 Å². The van der Waals surface area contributed by atoms with E-state index in [0.29, 0.717) is 22.9 Å². The third-order valence-electron chi connectivity index (χ3n) is 12.6. The Morgan fingerprint density at radius 3 is 1.64 bits per heavy atom. The highest BCUT2D eigenvalue weighted by Crippen LogP contribution is 2.45. The van der Waals surface area contributed by atoms with E-state index in [1.807, 2.05) is 6.07 Å². The molecule has 6 fully saturated rings. The first-order valence-corrected chi connectivity index (χ1v) is 19.1. The maximum atomic E-state index is 12.5. The van der Waals surface area contributed by atoms with E-state index in [-0.39, 0.29) is 17.1 Å². The number of nitro groups is 2. The van der Waals surface area contributed by atoms with Crippen molar-refractivity contribution in [3.8, 4) is 11.5 Å². The normalized spacial score (nSPS) is 23.4. The predicted octanol–water partition coefficient (Wildman–Crippen LogP) is 4.61. The molecule has 292 valence electrons. The summed E-state index contributed by atoms with van der Waals surface area (Å²) in [6, 6.07) is 9.78. The van der Waals surface area contributed by atoms with Crippen LogP contribution in [0, 0.1) is 26.0 Å². The SMILES string of the molecule is CN1CCN(C2CCNCC2)CC12CC2.COc1cc(F)ccc1[N+](=O)[O-].COc1cc(N2CCC(N3CCN(C)C4(CC4)C3)CC2)ccc1[N+](=O)[O-]. The van der Waals surface area contributed by atoms with Gasteiger partial charge in [-0.2, -0.15) is 0 Å². The topological polar surface area (TPSA) is 133 Å². The summed E-state index contributed by atoms with van der Waals surface area (Å²) in [5.74, 6) is -0.290. The number of piperidine rings is 2. The van der Waals surface area contributed by atoms with Gasteiger partial charge in [0, 0.05) is 105 Å². The number of methoxy groups -OCH3 is 2. The van der Waals surface area contributed by atoms with Crippen molar-refractivity contribution in [1.82, 2.24) is 24.9 Å². The Labute approximate surface area is 312 Å². The zero-order chi connectivity index (χ0) is 37.8. The van der Waals surface area contributed by atoms with E-state index >= 15 is 0 Å². The first-order valence-electron chi connectivity index (χ1n) is 19.1. The Morgan fingerprint density at radius 1 is 0.698 bits per heavy atom. The summed E-state index contributed by atoms with van der Waals surface area (Å²) in [6.45, 7) is 11.9. The van der Waals surface area contributed by atoms with E-state index in [2.05, 4.69) is 48.6 Å². The number of hydrogen-bond acceptors (Lipinski definition) is 12. The average Bonchev–Trinajstić information content (AvgIpc) is 4.12. The molecule has 1 N–H and O–H groups in total. The number of benzene rings is 2. The lowest BCUT2D eigenvalue weighted by Gasteiger charge is -2.46. The van der Waals surface area contributed by atoms with Crippen LogP contribution < -0.4 is 19.7 Å². The monoisotopic (exact) mass is 740 g/mol. The highest BCUT2D eigenvalue weighted by Gasteiger charge is 2.51. The maximum Gasteiger partial charge on any atom is 0.311 e. The molecule has 0 aromatic heterocycles. The molecule has 2 saturated carbocycles. The maximum absolute atomic E-state index is 12.5. The van der Waals surface area contributed by atoms with Crippen LogP contribution in [0.15, 0.2) is 36.4 Å². The van der Waals surface area contributed by atoms with Gasteiger partial charge < -0.3 is 19.7 Å². The zero-order valence-corrected chi connectivity index (χ0v) is 31.8. The van der Waals surface area contributed by atoms with Crippen LogP contribution in [0.4, 0.5) is 21.5 Å². The van der Waals surface area contributed by atoms with Gasteiger partial charge in [0.2, 0.25) is 0 Å². The van der Waals surface area contributed by atoms with E-state index in [0.717, 1.165) is 55.9 Å². The van der Waals surface area contributed by atoms with Crippen LogP contribution in [-0.4, -0.2) is 146 Å². The minimum absolute atomic E-state index is 0.0262. The Kier molecular flexibility index (Phi) is 12.4. The fraction of sp³-hybridized carbons (Fsp3) is 0.684. The fourth-order valence-electron chi connectivity index (χ4n) is 8.66. The minimum Gasteiger partial charge on any atom is -0.490 e. The number of rotatable bonds is 7. The molecule has 4 aliphatic heterocycles. The van der Waals surface area contributed by atoms with E-state index in [1.165, 1.54) is 105 Å². The number of nitrogens with zero attached hydrogens (tertiary/aromatic N) is 7. The molecule has 0 atom stereocenters. The van der Waals surface area contributed by atoms with E-state index < -0.39 is 15.7 Å². The fourth-order valence-corrected chi connectivity index (χ4v) is 8.66. The van der Waals surface area contributed by atoms with Gasteiger partial charge in [0.15, 0.2) is 11.5 Å². The Bertz CT molecular complexity index is 1580. The second-order valence-electron chi connectivity index (χ2n) is 15.6. The minimum atomic E-state index is -0.627. The molecule has 4 saturated heterocycles. The second-order valence-corrected chi connectivity index (χ2v) is 15.6. The lowest BCUT2D eigenvalue weighted by molar-refractivity contribution is -0.385. The van der Waals surface area contributed by atoms with Crippen molar-refractivity contribution >= 4 is 17.1 Å². The molecule has 0 bridgehead atoms. The van der Waals surface area contributed by atoms with Crippen LogP contribution in [0.3, 0.4) is 0 Å². The molecule has 15 heteroatoms. The Hall–Kier alpha value is -3.63. The molecule has 0 unspecified atom stereocenters. The van der Waals surface area contributed by atoms with Crippen molar-refractivity contribution in [3.05, 3.63) is 62.4 Å². The standard InChI is InChI=1S/C19H28N4O3.C12H23N3.C7H6FNO3/c1-20-11-12-22(14-19(20)7-8-19)15-5-9-21(10-6-15)16-3-4-17(23(24)25)18(13-16)26-2;1-14-8-9-15(10-12(14)4-5-12)11-2-6-13-7-3-11;1-12-7-4-5(8)2-3-6(7)9(10)11/h3-4,13,15H,5-12,14H2,1-2H3;11,13H,2-10H2,1H3;2-4H,1H3. The largest absolute Gasteiger partial charge is 0.490 e. The quantitative estimate of drug-likeness (QED) is 0.314. The first-order chi connectivity index (χ1) is 25.5. The van der Waals surface area contributed by atoms with Crippen LogP contribution in [0.1, 0.15) is 51.4 Å². The highest BCUT2D eigenvalue weighted by atomic mass is 19.1. The van der Waals surface area contributed by atoms with E-state index in [9.17, 15) is 24.6 Å². The molecule has 0 radical (unpaired) electrons. The molecule has 14 nitrogen and oxygen atoms in total. The van der Waals surface area contributed by atoms with Crippen LogP contribution in [-0.2, 0) is 0 Å². The number of piperazine rings is 2. The lowest BCUT2D eigenvalue weighted by Crippen LogP contribution is -2.57. The molecule has 2 aromatic carbocycles. The third kappa shape index (κ3) is 9.19.